The molecule has 0 amide bonds. The minimum atomic E-state index is -3.81. The first-order chi connectivity index (χ1) is 12.4. The first kappa shape index (κ1) is 17.2. The zero-order valence-electron chi connectivity index (χ0n) is 14.0. The van der Waals surface area contributed by atoms with E-state index < -0.39 is 15.6 Å². The average molecular weight is 394 g/mol. The lowest BCUT2D eigenvalue weighted by Crippen LogP contribution is -2.34. The smallest absolute Gasteiger partial charge is 0.269 e. The highest BCUT2D eigenvalue weighted by molar-refractivity contribution is 7.93. The number of nitrogens with one attached hydrogen (secondary N) is 1. The maximum atomic E-state index is 12.7. The van der Waals surface area contributed by atoms with Gasteiger partial charge in [0.2, 0.25) is 0 Å². The zero-order valence-corrected chi connectivity index (χ0v) is 15.7. The lowest BCUT2D eigenvalue weighted by atomic mass is 9.99. The maximum Gasteiger partial charge on any atom is 0.269 e. The molecule has 0 radical (unpaired) electrons. The number of hydrogen-bond donors (Lipinski definition) is 2. The van der Waals surface area contributed by atoms with Crippen LogP contribution < -0.4 is 10.5 Å². The fourth-order valence-electron chi connectivity index (χ4n) is 3.10. The molecule has 3 aromatic rings. The molecule has 0 saturated heterocycles. The summed E-state index contributed by atoms with van der Waals surface area (Å²) in [6, 6.07) is 1.51. The zero-order chi connectivity index (χ0) is 18.4. The van der Waals surface area contributed by atoms with Gasteiger partial charge in [-0.05, 0) is 24.3 Å². The van der Waals surface area contributed by atoms with Crippen molar-refractivity contribution in [1.29, 1.82) is 0 Å². The second-order valence-corrected chi connectivity index (χ2v) is 8.98. The Morgan fingerprint density at radius 2 is 2.15 bits per heavy atom. The van der Waals surface area contributed by atoms with Gasteiger partial charge in [0, 0.05) is 13.2 Å². The van der Waals surface area contributed by atoms with Crippen LogP contribution in [0.25, 0.3) is 10.8 Å². The van der Waals surface area contributed by atoms with Crippen molar-refractivity contribution in [2.24, 2.45) is 12.8 Å². The third-order valence-electron chi connectivity index (χ3n) is 4.44. The molecule has 138 valence electrons. The van der Waals surface area contributed by atoms with E-state index in [0.717, 1.165) is 25.7 Å². The summed E-state index contributed by atoms with van der Waals surface area (Å²) in [6.07, 6.45) is 6.65. The van der Waals surface area contributed by atoms with Crippen LogP contribution in [0, 0.1) is 0 Å². The van der Waals surface area contributed by atoms with E-state index in [1.54, 1.807) is 18.6 Å². The number of aryl methyl sites for hydroxylation is 1. The van der Waals surface area contributed by atoms with E-state index in [2.05, 4.69) is 20.0 Å². The molecule has 0 aromatic carbocycles. The molecule has 1 fully saturated rings. The Morgan fingerprint density at radius 3 is 2.85 bits per heavy atom. The predicted molar refractivity (Wildman–Crippen MR) is 96.0 cm³/mol. The van der Waals surface area contributed by atoms with Crippen molar-refractivity contribution in [2.75, 3.05) is 4.72 Å². The number of nitrogens with two attached hydrogens (primary N) is 1. The van der Waals surface area contributed by atoms with Gasteiger partial charge in [-0.15, -0.1) is 11.3 Å². The molecule has 9 nitrogen and oxygen atoms in total. The van der Waals surface area contributed by atoms with Crippen molar-refractivity contribution in [3.8, 4) is 10.8 Å². The highest BCUT2D eigenvalue weighted by Crippen LogP contribution is 2.37. The molecule has 3 heterocycles. The van der Waals surface area contributed by atoms with Crippen molar-refractivity contribution < 1.29 is 12.9 Å². The third kappa shape index (κ3) is 3.02. The van der Waals surface area contributed by atoms with Crippen molar-refractivity contribution in [3.63, 3.8) is 0 Å². The van der Waals surface area contributed by atoms with Crippen molar-refractivity contribution >= 4 is 27.0 Å². The first-order valence-electron chi connectivity index (χ1n) is 8.10. The predicted octanol–water partition coefficient (Wildman–Crippen LogP) is 2.06. The lowest BCUT2D eigenvalue weighted by molar-refractivity contribution is 0.372. The van der Waals surface area contributed by atoms with Gasteiger partial charge in [-0.1, -0.05) is 18.0 Å². The number of thiophene rings is 1. The van der Waals surface area contributed by atoms with Gasteiger partial charge in [-0.2, -0.15) is 10.1 Å². The van der Waals surface area contributed by atoms with Crippen LogP contribution in [0.4, 0.5) is 5.69 Å². The number of anilines is 1. The minimum absolute atomic E-state index is 0.0825. The van der Waals surface area contributed by atoms with Gasteiger partial charge in [0.15, 0.2) is 5.82 Å². The summed E-state index contributed by atoms with van der Waals surface area (Å²) in [4.78, 5) is 4.86. The van der Waals surface area contributed by atoms with Gasteiger partial charge in [-0.25, -0.2) is 8.42 Å². The van der Waals surface area contributed by atoms with Crippen molar-refractivity contribution in [2.45, 2.75) is 36.1 Å². The van der Waals surface area contributed by atoms with Crippen LogP contribution in [0.1, 0.15) is 31.5 Å². The van der Waals surface area contributed by atoms with E-state index in [9.17, 15) is 8.42 Å². The fraction of sp³-hybridized carbons (Fsp3) is 0.400. The number of hydrogen-bond acceptors (Lipinski definition) is 8. The van der Waals surface area contributed by atoms with Crippen LogP contribution in [0.15, 0.2) is 33.3 Å². The lowest BCUT2D eigenvalue weighted by Gasteiger charge is -2.17. The second kappa shape index (κ2) is 6.18. The molecule has 0 aliphatic heterocycles. The summed E-state index contributed by atoms with van der Waals surface area (Å²) in [7, 11) is -2.10. The quantitative estimate of drug-likeness (QED) is 0.677. The van der Waals surface area contributed by atoms with Gasteiger partial charge in [0.05, 0.1) is 17.4 Å². The van der Waals surface area contributed by atoms with E-state index >= 15 is 0 Å². The first-order valence-corrected chi connectivity index (χ1v) is 10.5. The highest BCUT2D eigenvalue weighted by Gasteiger charge is 2.36. The standard InChI is InChI=1S/C15H18N6O3S2/c1-21-9-10(8-17-21)20-26(22,23)11-4-7-25-12(11)13-18-14(19-24-13)15(16)5-2-3-6-15/h4,7-9,20H,2-3,5-6,16H2,1H3. The van der Waals surface area contributed by atoms with Crippen LogP contribution in [0.3, 0.4) is 0 Å². The Kier molecular flexibility index (Phi) is 4.09. The van der Waals surface area contributed by atoms with Gasteiger partial charge in [-0.3, -0.25) is 9.40 Å². The molecule has 3 aromatic heterocycles. The number of aromatic nitrogens is 4. The topological polar surface area (TPSA) is 129 Å². The molecule has 3 N–H and O–H groups in total. The Hall–Kier alpha value is -2.24. The van der Waals surface area contributed by atoms with Crippen LogP contribution in [0.2, 0.25) is 0 Å². The largest absolute Gasteiger partial charge is 0.333 e. The van der Waals surface area contributed by atoms with Gasteiger partial charge in [0.1, 0.15) is 9.77 Å². The van der Waals surface area contributed by atoms with Crippen LogP contribution in [-0.4, -0.2) is 28.3 Å². The molecular formula is C15H18N6O3S2. The van der Waals surface area contributed by atoms with Crippen LogP contribution in [0.5, 0.6) is 0 Å². The Labute approximate surface area is 154 Å². The van der Waals surface area contributed by atoms with Gasteiger partial charge >= 0.3 is 0 Å². The third-order valence-corrected chi connectivity index (χ3v) is 6.89. The summed E-state index contributed by atoms with van der Waals surface area (Å²) in [5, 5.41) is 9.63. The summed E-state index contributed by atoms with van der Waals surface area (Å²) in [5.74, 6) is 0.597. The Bertz CT molecular complexity index is 1030. The Balaban J connectivity index is 1.66. The normalized spacial score (nSPS) is 16.8. The Morgan fingerprint density at radius 1 is 1.38 bits per heavy atom. The molecule has 0 atom stereocenters. The summed E-state index contributed by atoms with van der Waals surface area (Å²) < 4.78 is 34.8. The number of nitrogens with zero attached hydrogens (tertiary/aromatic N) is 4. The molecule has 4 rings (SSSR count). The van der Waals surface area contributed by atoms with Crippen molar-refractivity contribution in [1.82, 2.24) is 19.9 Å². The molecule has 1 aliphatic carbocycles. The molecule has 1 aliphatic rings. The second-order valence-electron chi connectivity index (χ2n) is 6.41. The van der Waals surface area contributed by atoms with Crippen LogP contribution in [-0.2, 0) is 22.6 Å². The van der Waals surface area contributed by atoms with E-state index in [0.29, 0.717) is 16.4 Å². The molecule has 0 spiro atoms. The monoisotopic (exact) mass is 394 g/mol. The summed E-state index contributed by atoms with van der Waals surface area (Å²) >= 11 is 1.22. The SMILES string of the molecule is Cn1cc(NS(=O)(=O)c2ccsc2-c2nc(C3(N)CCCC3)no2)cn1. The summed E-state index contributed by atoms with van der Waals surface area (Å²) in [6.45, 7) is 0. The van der Waals surface area contributed by atoms with E-state index in [4.69, 9.17) is 10.3 Å². The maximum absolute atomic E-state index is 12.7. The molecule has 0 bridgehead atoms. The molecular weight excluding hydrogens is 376 g/mol. The number of sulfonamides is 1. The van der Waals surface area contributed by atoms with Crippen LogP contribution >= 0.6 is 11.3 Å². The van der Waals surface area contributed by atoms with Crippen molar-refractivity contribution in [3.05, 3.63) is 29.7 Å². The van der Waals surface area contributed by atoms with Gasteiger partial charge in [0.25, 0.3) is 15.9 Å². The highest BCUT2D eigenvalue weighted by atomic mass is 32.2. The average Bonchev–Trinajstić information content (AvgIpc) is 3.33. The molecule has 26 heavy (non-hydrogen) atoms. The molecule has 1 saturated carbocycles. The minimum Gasteiger partial charge on any atom is -0.333 e. The van der Waals surface area contributed by atoms with E-state index in [1.165, 1.54) is 28.3 Å². The number of rotatable bonds is 5. The van der Waals surface area contributed by atoms with E-state index in [-0.39, 0.29) is 10.8 Å². The fourth-order valence-corrected chi connectivity index (χ4v) is 5.47. The van der Waals surface area contributed by atoms with Gasteiger partial charge < -0.3 is 10.3 Å². The summed E-state index contributed by atoms with van der Waals surface area (Å²) in [5.41, 5.74) is 6.14. The van der Waals surface area contributed by atoms with E-state index in [1.807, 2.05) is 0 Å². The molecule has 11 heteroatoms. The molecule has 0 unspecified atom stereocenters.